The second kappa shape index (κ2) is 37.6. The Balaban J connectivity index is 0.000000166. The molecule has 0 spiro atoms. The molecule has 108 heavy (non-hydrogen) atoms. The SMILES string of the molecule is CCc1ccc(C(=O)COc2ccc(C[C@@]3(C)SC(=O)NC3=O)cc2)nc1.CCc1ccc(C(=O)COc2ccc(C[C@]3(C)SC(=O)NC3=O)cc2)nc1.CCc1ccc(C(O)COc2ccc(C[C@@]3(C)SC(=O)NC3=O)cc2)nc1.CCc1ccc(C(O)COc2ccc(C[C@]3(C)SC(=O)NC3=O)cc2)nc1. The van der Waals surface area contributed by atoms with Crippen LogP contribution >= 0.6 is 47.0 Å². The molecule has 8 heterocycles. The number of hydrogen-bond acceptors (Lipinski definition) is 24. The second-order valence-corrected chi connectivity index (χ2v) is 32.3. The van der Waals surface area contributed by atoms with Crippen LogP contribution in [0.15, 0.2) is 170 Å². The largest absolute Gasteiger partial charge is 0.490 e. The van der Waals surface area contributed by atoms with Crippen molar-refractivity contribution in [2.24, 2.45) is 0 Å². The molecule has 0 radical (unpaired) electrons. The van der Waals surface area contributed by atoms with Crippen LogP contribution in [0.1, 0.15) is 144 Å². The molecule has 4 aromatic heterocycles. The molecule has 6 atom stereocenters. The summed E-state index contributed by atoms with van der Waals surface area (Å²) in [6.07, 6.45) is 10.6. The summed E-state index contributed by atoms with van der Waals surface area (Å²) in [5.74, 6) is 0.906. The van der Waals surface area contributed by atoms with E-state index in [4.69, 9.17) is 18.9 Å². The molecule has 0 aliphatic carbocycles. The number of ether oxygens (including phenoxy) is 4. The average Bonchev–Trinajstić information content (AvgIpc) is 1.68. The van der Waals surface area contributed by atoms with Crippen LogP contribution in [0, 0.1) is 0 Å². The fourth-order valence-corrected chi connectivity index (χ4v) is 14.8. The van der Waals surface area contributed by atoms with Gasteiger partial charge in [-0.3, -0.25) is 89.1 Å². The monoisotopic (exact) mass is 1540 g/mol. The maximum atomic E-state index is 12.2. The second-order valence-electron chi connectivity index (χ2n) is 26.4. The van der Waals surface area contributed by atoms with Gasteiger partial charge in [0.15, 0.2) is 13.2 Å². The van der Waals surface area contributed by atoms with Crippen molar-refractivity contribution in [2.75, 3.05) is 26.4 Å². The van der Waals surface area contributed by atoms with Crippen LogP contribution in [0.3, 0.4) is 0 Å². The summed E-state index contributed by atoms with van der Waals surface area (Å²) in [4.78, 5) is 134. The highest BCUT2D eigenvalue weighted by Crippen LogP contribution is 2.39. The van der Waals surface area contributed by atoms with E-state index in [9.17, 15) is 58.2 Å². The van der Waals surface area contributed by atoms with Crippen LogP contribution in [-0.4, -0.2) is 132 Å². The Bertz CT molecular complexity index is 4240. The van der Waals surface area contributed by atoms with Gasteiger partial charge in [-0.15, -0.1) is 0 Å². The van der Waals surface area contributed by atoms with Gasteiger partial charge in [0, 0.05) is 24.8 Å². The number of ketones is 2. The zero-order chi connectivity index (χ0) is 77.8. The van der Waals surface area contributed by atoms with Gasteiger partial charge in [-0.05, 0) is 243 Å². The molecule has 24 nitrogen and oxygen atoms in total. The molecular weight excluding hydrogens is 1460 g/mol. The van der Waals surface area contributed by atoms with Crippen molar-refractivity contribution >= 4 is 103 Å². The van der Waals surface area contributed by atoms with Gasteiger partial charge in [-0.1, -0.05) is 100 Å². The molecular formula is C80H84N8O16S4. The standard InChI is InChI=1S/2C20H22N2O4S.2C20H20N2O4S/c4*1-3-13-6-9-16(21-11-13)17(23)12-26-15-7-4-14(5-8-15)10-20(2)18(24)22-19(25)27-20/h2*4-9,11,17,23H,3,10,12H2,1-2H3,(H,22,24,25);2*4-9,11H,3,10,12H2,1-2H3,(H,22,24,25)/t2*17?,20-;2*20-/m1010/s1. The first-order valence-electron chi connectivity index (χ1n) is 34.8. The third-order valence-electron chi connectivity index (χ3n) is 17.7. The van der Waals surface area contributed by atoms with Gasteiger partial charge in [0.2, 0.25) is 35.2 Å². The van der Waals surface area contributed by atoms with Gasteiger partial charge in [0.05, 0.1) is 11.4 Å². The Hall–Kier alpha value is -10.1. The van der Waals surface area contributed by atoms with Crippen LogP contribution in [0.5, 0.6) is 23.0 Å². The number of aliphatic hydroxyl groups excluding tert-OH is 2. The Labute approximate surface area is 642 Å². The van der Waals surface area contributed by atoms with E-state index in [1.807, 2.05) is 98.8 Å². The number of imide groups is 4. The molecule has 8 amide bonds. The number of carbonyl (C=O) groups excluding carboxylic acids is 10. The van der Waals surface area contributed by atoms with Gasteiger partial charge in [-0.2, -0.15) is 0 Å². The lowest BCUT2D eigenvalue weighted by Crippen LogP contribution is -2.35. The molecule has 28 heteroatoms. The number of nitrogens with zero attached hydrogens (tertiary/aromatic N) is 4. The summed E-state index contributed by atoms with van der Waals surface area (Å²) >= 11 is 4.05. The Kier molecular flexibility index (Phi) is 28.6. The number of amides is 8. The molecule has 4 aromatic carbocycles. The van der Waals surface area contributed by atoms with E-state index in [2.05, 4.69) is 55.1 Å². The number of aliphatic hydroxyl groups is 2. The summed E-state index contributed by atoms with van der Waals surface area (Å²) in [6.45, 7) is 15.2. The van der Waals surface area contributed by atoms with Crippen molar-refractivity contribution in [1.29, 1.82) is 0 Å². The first-order valence-corrected chi connectivity index (χ1v) is 38.1. The lowest BCUT2D eigenvalue weighted by atomic mass is 9.99. The highest BCUT2D eigenvalue weighted by molar-refractivity contribution is 8.17. The van der Waals surface area contributed by atoms with E-state index < -0.39 is 31.2 Å². The van der Waals surface area contributed by atoms with Crippen LogP contribution < -0.4 is 40.2 Å². The van der Waals surface area contributed by atoms with Crippen molar-refractivity contribution in [3.8, 4) is 23.0 Å². The molecule has 564 valence electrons. The van der Waals surface area contributed by atoms with Gasteiger partial charge in [0.25, 0.3) is 21.0 Å². The fraction of sp³-hybridized carbons (Fsp3) is 0.325. The highest BCUT2D eigenvalue weighted by atomic mass is 32.2. The van der Waals surface area contributed by atoms with Crippen molar-refractivity contribution in [1.82, 2.24) is 41.2 Å². The van der Waals surface area contributed by atoms with E-state index in [1.54, 1.807) is 113 Å². The number of pyridine rings is 4. The molecule has 4 saturated heterocycles. The van der Waals surface area contributed by atoms with Gasteiger partial charge in [0.1, 0.15) is 78.8 Å². The minimum atomic E-state index is -0.806. The molecule has 4 fully saturated rings. The van der Waals surface area contributed by atoms with E-state index in [1.165, 1.54) is 0 Å². The third kappa shape index (κ3) is 23.0. The first kappa shape index (κ1) is 82.0. The van der Waals surface area contributed by atoms with E-state index in [0.29, 0.717) is 71.5 Å². The fourth-order valence-electron chi connectivity index (χ4n) is 11.1. The van der Waals surface area contributed by atoms with E-state index in [0.717, 1.165) is 117 Å². The lowest BCUT2D eigenvalue weighted by molar-refractivity contribution is -0.122. The molecule has 0 saturated carbocycles. The quantitative estimate of drug-likeness (QED) is 0.0248. The molecule has 8 aromatic rings. The maximum Gasteiger partial charge on any atom is 0.286 e. The zero-order valence-electron chi connectivity index (χ0n) is 60.8. The van der Waals surface area contributed by atoms with Gasteiger partial charge < -0.3 is 29.2 Å². The number of aryl methyl sites for hydroxylation is 4. The summed E-state index contributed by atoms with van der Waals surface area (Å²) in [5, 5.41) is 28.4. The molecule has 6 N–H and O–H groups in total. The van der Waals surface area contributed by atoms with Crippen LogP contribution in [-0.2, 0) is 70.5 Å². The van der Waals surface area contributed by atoms with Crippen LogP contribution in [0.4, 0.5) is 19.2 Å². The average molecular weight is 1540 g/mol. The summed E-state index contributed by atoms with van der Waals surface area (Å²) in [5.41, 5.74) is 9.97. The normalized spacial score (nSPS) is 19.7. The molecule has 12 rings (SSSR count). The van der Waals surface area contributed by atoms with Crippen molar-refractivity contribution < 1.29 is 77.1 Å². The van der Waals surface area contributed by atoms with Crippen molar-refractivity contribution in [2.45, 2.75) is 138 Å². The summed E-state index contributed by atoms with van der Waals surface area (Å²) in [6, 6.07) is 43.6. The summed E-state index contributed by atoms with van der Waals surface area (Å²) in [7, 11) is 0. The van der Waals surface area contributed by atoms with E-state index in [-0.39, 0.29) is 82.6 Å². The Morgan fingerprint density at radius 2 is 0.574 bits per heavy atom. The molecule has 2 unspecified atom stereocenters. The van der Waals surface area contributed by atoms with E-state index >= 15 is 0 Å². The number of hydrogen-bond donors (Lipinski definition) is 6. The number of aromatic nitrogens is 4. The highest BCUT2D eigenvalue weighted by Gasteiger charge is 2.47. The summed E-state index contributed by atoms with van der Waals surface area (Å²) < 4.78 is 19.2. The van der Waals surface area contributed by atoms with Gasteiger partial charge >= 0.3 is 0 Å². The number of Topliss-reactive ketones (excluding diaryl/α,β-unsaturated/α-hetero) is 2. The number of rotatable bonds is 28. The van der Waals surface area contributed by atoms with Crippen molar-refractivity contribution in [3.63, 3.8) is 0 Å². The number of nitrogens with one attached hydrogen (secondary N) is 4. The Morgan fingerprint density at radius 1 is 0.343 bits per heavy atom. The van der Waals surface area contributed by atoms with Crippen LogP contribution in [0.2, 0.25) is 0 Å². The third-order valence-corrected chi connectivity index (χ3v) is 22.0. The minimum Gasteiger partial charge on any atom is -0.490 e. The maximum absolute atomic E-state index is 12.2. The number of carbonyl (C=O) groups is 10. The lowest BCUT2D eigenvalue weighted by Gasteiger charge is -2.18. The van der Waals surface area contributed by atoms with Crippen molar-refractivity contribution in [3.05, 3.63) is 238 Å². The Morgan fingerprint density at radius 3 is 0.778 bits per heavy atom. The molecule has 4 aliphatic rings. The first-order chi connectivity index (χ1) is 51.6. The minimum absolute atomic E-state index is 0.0949. The smallest absolute Gasteiger partial charge is 0.286 e. The van der Waals surface area contributed by atoms with Gasteiger partial charge in [-0.25, -0.2) is 0 Å². The number of thioether (sulfide) groups is 4. The van der Waals surface area contributed by atoms with Crippen LogP contribution in [0.25, 0.3) is 0 Å². The molecule has 0 bridgehead atoms. The predicted octanol–water partition coefficient (Wildman–Crippen LogP) is 12.5. The predicted molar refractivity (Wildman–Crippen MR) is 414 cm³/mol. The molecule has 4 aliphatic heterocycles. The number of benzene rings is 4. The topological polar surface area (TPSA) is 348 Å². The zero-order valence-corrected chi connectivity index (χ0v) is 64.1.